The highest BCUT2D eigenvalue weighted by atomic mass is 15.2. The summed E-state index contributed by atoms with van der Waals surface area (Å²) in [5.74, 6) is 0. The van der Waals surface area contributed by atoms with Crippen LogP contribution in [0.25, 0.3) is 43.1 Å². The SMILES string of the molecule is C1=CC=CNC=C1.c1ccc2c(c1)ccc1c3c(ccc12)C(N1CCCCCC1)CCC3.c1ccc2c(c1)ccc1c3c(ccc12)CCCC3. The molecule has 4 aliphatic rings. The smallest absolute Gasteiger partial charge is 0.0351 e. The van der Waals surface area contributed by atoms with Gasteiger partial charge < -0.3 is 5.32 Å². The Morgan fingerprint density at radius 2 is 1.02 bits per heavy atom. The Labute approximate surface area is 298 Å². The molecule has 2 heteroatoms. The molecule has 6 aromatic carbocycles. The van der Waals surface area contributed by atoms with E-state index < -0.39 is 0 Å². The normalized spacial score (nSPS) is 18.6. The lowest BCUT2D eigenvalue weighted by Gasteiger charge is -2.36. The first-order chi connectivity index (χ1) is 24.8. The molecule has 2 aliphatic carbocycles. The van der Waals surface area contributed by atoms with Crippen LogP contribution in [0.1, 0.15) is 79.7 Å². The number of hydrogen-bond acceptors (Lipinski definition) is 2. The molecule has 2 nitrogen and oxygen atoms in total. The van der Waals surface area contributed by atoms with Crippen LogP contribution in [0, 0.1) is 0 Å². The Balaban J connectivity index is 0.000000125. The van der Waals surface area contributed by atoms with Gasteiger partial charge in [-0.3, -0.25) is 4.90 Å². The molecule has 2 aliphatic heterocycles. The lowest BCUT2D eigenvalue weighted by atomic mass is 9.83. The lowest BCUT2D eigenvalue weighted by Crippen LogP contribution is -2.32. The van der Waals surface area contributed by atoms with Crippen molar-refractivity contribution in [2.24, 2.45) is 0 Å². The van der Waals surface area contributed by atoms with Gasteiger partial charge in [-0.15, -0.1) is 0 Å². The van der Waals surface area contributed by atoms with Gasteiger partial charge >= 0.3 is 0 Å². The number of allylic oxidation sites excluding steroid dienone is 4. The summed E-state index contributed by atoms with van der Waals surface area (Å²) in [5, 5.41) is 14.3. The summed E-state index contributed by atoms with van der Waals surface area (Å²) in [7, 11) is 0. The average Bonchev–Trinajstić information content (AvgIpc) is 3.67. The molecule has 1 fully saturated rings. The molecule has 1 atom stereocenters. The third-order valence-electron chi connectivity index (χ3n) is 11.4. The van der Waals surface area contributed by atoms with Crippen LogP contribution < -0.4 is 5.32 Å². The summed E-state index contributed by atoms with van der Waals surface area (Å²) in [4.78, 5) is 2.79. The first-order valence-corrected chi connectivity index (χ1v) is 19.2. The molecule has 0 saturated carbocycles. The van der Waals surface area contributed by atoms with E-state index >= 15 is 0 Å². The summed E-state index contributed by atoms with van der Waals surface area (Å²) in [6.07, 6.45) is 26.3. The highest BCUT2D eigenvalue weighted by Crippen LogP contribution is 2.40. The van der Waals surface area contributed by atoms with Crippen molar-refractivity contribution in [3.05, 3.63) is 156 Å². The number of nitrogens with one attached hydrogen (secondary N) is 1. The molecule has 10 rings (SSSR count). The van der Waals surface area contributed by atoms with Gasteiger partial charge in [0.2, 0.25) is 0 Å². The second-order valence-corrected chi connectivity index (χ2v) is 14.4. The van der Waals surface area contributed by atoms with Gasteiger partial charge in [0.1, 0.15) is 0 Å². The molecule has 252 valence electrons. The molecular weight excluding hydrogens is 605 g/mol. The maximum Gasteiger partial charge on any atom is 0.0351 e. The van der Waals surface area contributed by atoms with Gasteiger partial charge in [0.25, 0.3) is 0 Å². The highest BCUT2D eigenvalue weighted by molar-refractivity contribution is 6.09. The zero-order valence-corrected chi connectivity index (χ0v) is 29.4. The topological polar surface area (TPSA) is 15.3 Å². The van der Waals surface area contributed by atoms with Crippen LogP contribution in [0.4, 0.5) is 0 Å². The van der Waals surface area contributed by atoms with Crippen molar-refractivity contribution in [3.63, 3.8) is 0 Å². The molecule has 6 aromatic rings. The van der Waals surface area contributed by atoms with Crippen LogP contribution in [0.3, 0.4) is 0 Å². The average molecular weight is 655 g/mol. The van der Waals surface area contributed by atoms with E-state index in [1.54, 1.807) is 22.3 Å². The number of rotatable bonds is 1. The largest absolute Gasteiger partial charge is 0.368 e. The predicted molar refractivity (Wildman–Crippen MR) is 216 cm³/mol. The van der Waals surface area contributed by atoms with E-state index in [2.05, 4.69) is 107 Å². The van der Waals surface area contributed by atoms with Crippen LogP contribution in [0.5, 0.6) is 0 Å². The number of nitrogens with zero attached hydrogens (tertiary/aromatic N) is 1. The molecule has 0 radical (unpaired) electrons. The molecule has 1 unspecified atom stereocenters. The van der Waals surface area contributed by atoms with Crippen LogP contribution in [0.15, 0.2) is 134 Å². The first kappa shape index (κ1) is 32.5. The van der Waals surface area contributed by atoms with E-state index in [4.69, 9.17) is 0 Å². The van der Waals surface area contributed by atoms with Crippen molar-refractivity contribution in [3.8, 4) is 0 Å². The van der Waals surface area contributed by atoms with E-state index in [1.807, 2.05) is 36.7 Å². The molecular formula is C48H50N2. The van der Waals surface area contributed by atoms with Crippen LogP contribution in [-0.2, 0) is 19.3 Å². The molecule has 0 aromatic heterocycles. The highest BCUT2D eigenvalue weighted by Gasteiger charge is 2.27. The van der Waals surface area contributed by atoms with Crippen LogP contribution in [0.2, 0.25) is 0 Å². The van der Waals surface area contributed by atoms with Crippen LogP contribution in [-0.4, -0.2) is 18.0 Å². The zero-order chi connectivity index (χ0) is 33.5. The summed E-state index contributed by atoms with van der Waals surface area (Å²) in [5.41, 5.74) is 6.42. The first-order valence-electron chi connectivity index (χ1n) is 19.2. The van der Waals surface area contributed by atoms with Crippen molar-refractivity contribution in [1.82, 2.24) is 10.2 Å². The number of hydrogen-bond donors (Lipinski definition) is 1. The second-order valence-electron chi connectivity index (χ2n) is 14.4. The van der Waals surface area contributed by atoms with Crippen molar-refractivity contribution in [2.45, 2.75) is 76.7 Å². The van der Waals surface area contributed by atoms with Gasteiger partial charge in [-0.25, -0.2) is 0 Å². The Hall–Kier alpha value is -4.66. The third kappa shape index (κ3) is 6.87. The summed E-state index contributed by atoms with van der Waals surface area (Å²) in [6, 6.07) is 37.0. The summed E-state index contributed by atoms with van der Waals surface area (Å²) < 4.78 is 0. The number of benzene rings is 6. The van der Waals surface area contributed by atoms with Crippen molar-refractivity contribution in [2.75, 3.05) is 13.1 Å². The van der Waals surface area contributed by atoms with E-state index in [-0.39, 0.29) is 0 Å². The van der Waals surface area contributed by atoms with E-state index in [0.29, 0.717) is 6.04 Å². The third-order valence-corrected chi connectivity index (χ3v) is 11.4. The quantitative estimate of drug-likeness (QED) is 0.178. The Kier molecular flexibility index (Phi) is 10.1. The van der Waals surface area contributed by atoms with Gasteiger partial charge in [0.15, 0.2) is 0 Å². The second kappa shape index (κ2) is 15.5. The fourth-order valence-corrected chi connectivity index (χ4v) is 8.92. The molecule has 0 amide bonds. The minimum atomic E-state index is 0.651. The van der Waals surface area contributed by atoms with Crippen LogP contribution >= 0.6 is 0 Å². The molecule has 50 heavy (non-hydrogen) atoms. The summed E-state index contributed by atoms with van der Waals surface area (Å²) >= 11 is 0. The fraction of sp³-hybridized carbons (Fsp3) is 0.292. The lowest BCUT2D eigenvalue weighted by molar-refractivity contribution is 0.186. The standard InChI is InChI=1S/C24H27N.C18H16.C6H7N/c1-2-6-17-25(16-5-1)24-11-7-10-20-22-13-12-18-8-3-4-9-19(18)21(22)14-15-23(20)24;1-3-7-15-13(5-1)9-11-18-16-8-4-2-6-14(16)10-12-17(15)18;1-2-4-6-7-5-3-1/h3-4,8-9,12-15,24H,1-2,5-7,10-11,16-17H2;1,3,5,7,9-12H,2,4,6,8H2;1-7H. The molecule has 0 bridgehead atoms. The van der Waals surface area contributed by atoms with E-state index in [0.717, 1.165) is 0 Å². The van der Waals surface area contributed by atoms with Crippen molar-refractivity contribution < 1.29 is 0 Å². The minimum Gasteiger partial charge on any atom is -0.368 e. The fourth-order valence-electron chi connectivity index (χ4n) is 8.92. The van der Waals surface area contributed by atoms with E-state index in [9.17, 15) is 0 Å². The van der Waals surface area contributed by atoms with E-state index in [1.165, 1.54) is 127 Å². The van der Waals surface area contributed by atoms with Gasteiger partial charge in [-0.05, 0) is 148 Å². The zero-order valence-electron chi connectivity index (χ0n) is 29.4. The summed E-state index contributed by atoms with van der Waals surface area (Å²) in [6.45, 7) is 2.58. The molecule has 1 saturated heterocycles. The Morgan fingerprint density at radius 1 is 0.440 bits per heavy atom. The maximum atomic E-state index is 2.92. The number of likely N-dealkylation sites (tertiary alicyclic amines) is 1. The molecule has 2 heterocycles. The Bertz CT molecular complexity index is 2180. The van der Waals surface area contributed by atoms with Gasteiger partial charge in [0.05, 0.1) is 0 Å². The Morgan fingerprint density at radius 3 is 1.72 bits per heavy atom. The minimum absolute atomic E-state index is 0.651. The van der Waals surface area contributed by atoms with Crippen molar-refractivity contribution in [1.29, 1.82) is 0 Å². The van der Waals surface area contributed by atoms with Gasteiger partial charge in [0, 0.05) is 18.4 Å². The molecule has 0 spiro atoms. The number of aryl methyl sites for hydroxylation is 3. The van der Waals surface area contributed by atoms with Gasteiger partial charge in [-0.1, -0.05) is 122 Å². The van der Waals surface area contributed by atoms with Crippen molar-refractivity contribution >= 4 is 43.1 Å². The monoisotopic (exact) mass is 654 g/mol. The van der Waals surface area contributed by atoms with Gasteiger partial charge in [-0.2, -0.15) is 0 Å². The predicted octanol–water partition coefficient (Wildman–Crippen LogP) is 12.3. The molecule has 1 N–H and O–H groups in total. The maximum absolute atomic E-state index is 2.92. The number of fused-ring (bicyclic) bond motifs is 10.